The quantitative estimate of drug-likeness (QED) is 0.831. The third-order valence-electron chi connectivity index (χ3n) is 4.20. The van der Waals surface area contributed by atoms with Gasteiger partial charge < -0.3 is 16.0 Å². The van der Waals surface area contributed by atoms with Gasteiger partial charge in [-0.05, 0) is 49.6 Å². The van der Waals surface area contributed by atoms with Crippen LogP contribution in [0.4, 0.5) is 0 Å². The molecule has 0 aliphatic carbocycles. The lowest BCUT2D eigenvalue weighted by Crippen LogP contribution is -2.46. The molecule has 0 spiro atoms. The van der Waals surface area contributed by atoms with E-state index >= 15 is 0 Å². The second-order valence-corrected chi connectivity index (χ2v) is 6.62. The van der Waals surface area contributed by atoms with Crippen LogP contribution < -0.4 is 11.1 Å². The largest absolute Gasteiger partial charge is 0.355 e. The molecule has 0 aromatic heterocycles. The molecule has 1 aliphatic rings. The van der Waals surface area contributed by atoms with Crippen molar-refractivity contribution < 1.29 is 9.59 Å². The smallest absolute Gasteiger partial charge is 0.253 e. The van der Waals surface area contributed by atoms with Crippen molar-refractivity contribution in [2.45, 2.75) is 19.8 Å². The number of piperidine rings is 1. The molecule has 5 nitrogen and oxygen atoms in total. The number of nitrogens with two attached hydrogens (primary N) is 1. The number of carbonyl (C=O) groups excluding carboxylic acids is 2. The van der Waals surface area contributed by atoms with E-state index in [4.69, 9.17) is 17.3 Å². The van der Waals surface area contributed by atoms with Crippen LogP contribution in [0.25, 0.3) is 0 Å². The van der Waals surface area contributed by atoms with Crippen LogP contribution in [0.5, 0.6) is 0 Å². The predicted molar refractivity (Wildman–Crippen MR) is 98.6 cm³/mol. The van der Waals surface area contributed by atoms with Crippen LogP contribution in [0, 0.1) is 11.8 Å². The molecular formula is C17H25Cl2N3O2. The van der Waals surface area contributed by atoms with Gasteiger partial charge in [0, 0.05) is 30.2 Å². The number of halogens is 2. The van der Waals surface area contributed by atoms with Gasteiger partial charge in [-0.15, -0.1) is 12.4 Å². The Kier molecular flexibility index (Phi) is 8.53. The molecule has 1 aliphatic heterocycles. The second-order valence-electron chi connectivity index (χ2n) is 6.18. The van der Waals surface area contributed by atoms with E-state index in [0.717, 1.165) is 12.8 Å². The Balaban J connectivity index is 0.00000288. The van der Waals surface area contributed by atoms with Gasteiger partial charge in [0.25, 0.3) is 5.91 Å². The van der Waals surface area contributed by atoms with Gasteiger partial charge in [-0.25, -0.2) is 0 Å². The van der Waals surface area contributed by atoms with Gasteiger partial charge in [0.1, 0.15) is 0 Å². The normalized spacial score (nSPS) is 18.5. The number of carbonyl (C=O) groups is 2. The van der Waals surface area contributed by atoms with Gasteiger partial charge in [-0.3, -0.25) is 9.59 Å². The number of rotatable bonds is 5. The molecule has 7 heteroatoms. The minimum Gasteiger partial charge on any atom is -0.355 e. The van der Waals surface area contributed by atoms with Crippen LogP contribution in [0.15, 0.2) is 24.3 Å². The molecule has 1 heterocycles. The number of hydrogen-bond acceptors (Lipinski definition) is 3. The van der Waals surface area contributed by atoms with Crippen molar-refractivity contribution in [2.75, 3.05) is 26.2 Å². The number of nitrogens with zero attached hydrogens (tertiary/aromatic N) is 1. The lowest BCUT2D eigenvalue weighted by atomic mass is 9.96. The summed E-state index contributed by atoms with van der Waals surface area (Å²) in [5.74, 6) is 0.0766. The molecule has 0 bridgehead atoms. The van der Waals surface area contributed by atoms with E-state index in [2.05, 4.69) is 5.32 Å². The maximum absolute atomic E-state index is 12.5. The Labute approximate surface area is 154 Å². The fourth-order valence-corrected chi connectivity index (χ4v) is 2.78. The molecule has 2 amide bonds. The highest BCUT2D eigenvalue weighted by molar-refractivity contribution is 6.30. The summed E-state index contributed by atoms with van der Waals surface area (Å²) in [5, 5.41) is 3.54. The summed E-state index contributed by atoms with van der Waals surface area (Å²) < 4.78 is 0. The van der Waals surface area contributed by atoms with Gasteiger partial charge in [-0.1, -0.05) is 18.5 Å². The summed E-state index contributed by atoms with van der Waals surface area (Å²) in [5.41, 5.74) is 6.16. The van der Waals surface area contributed by atoms with E-state index in [1.54, 1.807) is 29.2 Å². The molecule has 1 aromatic carbocycles. The number of likely N-dealkylation sites (tertiary alicyclic amines) is 1. The summed E-state index contributed by atoms with van der Waals surface area (Å²) in [4.78, 5) is 26.5. The van der Waals surface area contributed by atoms with E-state index in [9.17, 15) is 9.59 Å². The molecule has 0 radical (unpaired) electrons. The summed E-state index contributed by atoms with van der Waals surface area (Å²) in [6.07, 6.45) is 1.65. The van der Waals surface area contributed by atoms with Crippen LogP contribution in [-0.2, 0) is 4.79 Å². The van der Waals surface area contributed by atoms with Crippen LogP contribution in [0.3, 0.4) is 0 Å². The Morgan fingerprint density at radius 1 is 1.38 bits per heavy atom. The Morgan fingerprint density at radius 2 is 2.04 bits per heavy atom. The molecule has 0 saturated carbocycles. The number of benzene rings is 1. The molecule has 1 fully saturated rings. The highest BCUT2D eigenvalue weighted by atomic mass is 35.5. The first-order valence-corrected chi connectivity index (χ1v) is 8.41. The molecule has 1 saturated heterocycles. The van der Waals surface area contributed by atoms with Crippen molar-refractivity contribution >= 4 is 35.8 Å². The van der Waals surface area contributed by atoms with Crippen LogP contribution >= 0.6 is 24.0 Å². The van der Waals surface area contributed by atoms with Crippen molar-refractivity contribution in [3.8, 4) is 0 Å². The third kappa shape index (κ3) is 5.65. The molecule has 2 atom stereocenters. The minimum atomic E-state index is -0.148. The monoisotopic (exact) mass is 373 g/mol. The van der Waals surface area contributed by atoms with Gasteiger partial charge in [0.2, 0.25) is 5.91 Å². The Morgan fingerprint density at radius 3 is 2.67 bits per heavy atom. The number of nitrogens with one attached hydrogen (secondary N) is 1. The summed E-state index contributed by atoms with van der Waals surface area (Å²) in [7, 11) is 0. The Hall–Kier alpha value is -1.30. The number of amides is 2. The SMILES string of the molecule is CC(CN)CNC(=O)C1CCCN(C(=O)c2ccc(Cl)cc2)C1.Cl. The molecule has 2 rings (SSSR count). The van der Waals surface area contributed by atoms with Crippen LogP contribution in [-0.4, -0.2) is 42.9 Å². The van der Waals surface area contributed by atoms with Crippen LogP contribution in [0.2, 0.25) is 5.02 Å². The Bertz CT molecular complexity index is 551. The minimum absolute atomic E-state index is 0. The van der Waals surface area contributed by atoms with E-state index in [1.165, 1.54) is 0 Å². The first-order chi connectivity index (χ1) is 11.0. The van der Waals surface area contributed by atoms with Crippen LogP contribution in [0.1, 0.15) is 30.1 Å². The molecule has 24 heavy (non-hydrogen) atoms. The lowest BCUT2D eigenvalue weighted by Gasteiger charge is -2.32. The molecule has 134 valence electrons. The first-order valence-electron chi connectivity index (χ1n) is 8.04. The van der Waals surface area contributed by atoms with Gasteiger partial charge in [-0.2, -0.15) is 0 Å². The zero-order chi connectivity index (χ0) is 16.8. The summed E-state index contributed by atoms with van der Waals surface area (Å²) >= 11 is 5.85. The van der Waals surface area contributed by atoms with Gasteiger partial charge >= 0.3 is 0 Å². The van der Waals surface area contributed by atoms with Crippen molar-refractivity contribution in [1.29, 1.82) is 0 Å². The molecule has 2 unspecified atom stereocenters. The van der Waals surface area contributed by atoms with E-state index in [-0.39, 0.29) is 36.1 Å². The standard InChI is InChI=1S/C17H24ClN3O2.ClH/c1-12(9-19)10-20-16(22)14-3-2-8-21(11-14)17(23)13-4-6-15(18)7-5-13;/h4-7,12,14H,2-3,8-11,19H2,1H3,(H,20,22);1H. The van der Waals surface area contributed by atoms with E-state index < -0.39 is 0 Å². The maximum Gasteiger partial charge on any atom is 0.253 e. The zero-order valence-corrected chi connectivity index (χ0v) is 15.4. The van der Waals surface area contributed by atoms with Crippen molar-refractivity contribution in [3.05, 3.63) is 34.9 Å². The highest BCUT2D eigenvalue weighted by Gasteiger charge is 2.28. The fraction of sp³-hybridized carbons (Fsp3) is 0.529. The average Bonchev–Trinajstić information content (AvgIpc) is 2.59. The average molecular weight is 374 g/mol. The van der Waals surface area contributed by atoms with Gasteiger partial charge in [0.15, 0.2) is 0 Å². The summed E-state index contributed by atoms with van der Waals surface area (Å²) in [6.45, 7) is 4.27. The molecular weight excluding hydrogens is 349 g/mol. The zero-order valence-electron chi connectivity index (χ0n) is 13.8. The van der Waals surface area contributed by atoms with E-state index in [1.807, 2.05) is 6.92 Å². The van der Waals surface area contributed by atoms with Crippen molar-refractivity contribution in [1.82, 2.24) is 10.2 Å². The molecule has 1 aromatic rings. The fourth-order valence-electron chi connectivity index (χ4n) is 2.65. The first kappa shape index (κ1) is 20.7. The van der Waals surface area contributed by atoms with Crippen molar-refractivity contribution in [2.24, 2.45) is 17.6 Å². The second kappa shape index (κ2) is 9.87. The van der Waals surface area contributed by atoms with E-state index in [0.29, 0.717) is 36.8 Å². The predicted octanol–water partition coefficient (Wildman–Crippen LogP) is 2.33. The van der Waals surface area contributed by atoms with Gasteiger partial charge in [0.05, 0.1) is 5.92 Å². The highest BCUT2D eigenvalue weighted by Crippen LogP contribution is 2.20. The maximum atomic E-state index is 12.5. The molecule has 3 N–H and O–H groups in total. The lowest BCUT2D eigenvalue weighted by molar-refractivity contribution is -0.126. The third-order valence-corrected chi connectivity index (χ3v) is 4.45. The topological polar surface area (TPSA) is 75.4 Å². The number of hydrogen-bond donors (Lipinski definition) is 2. The summed E-state index contributed by atoms with van der Waals surface area (Å²) in [6, 6.07) is 6.85. The van der Waals surface area contributed by atoms with Crippen molar-refractivity contribution in [3.63, 3.8) is 0 Å².